The van der Waals surface area contributed by atoms with Crippen molar-refractivity contribution in [1.29, 1.82) is 0 Å². The molecule has 1 spiro atoms. The van der Waals surface area contributed by atoms with Crippen molar-refractivity contribution in [2.24, 2.45) is 17.3 Å². The van der Waals surface area contributed by atoms with Gasteiger partial charge in [0.2, 0.25) is 5.91 Å². The lowest BCUT2D eigenvalue weighted by Crippen LogP contribution is -2.64. The predicted molar refractivity (Wildman–Crippen MR) is 116 cm³/mol. The average molecular weight is 425 g/mol. The van der Waals surface area contributed by atoms with Crippen molar-refractivity contribution in [2.45, 2.75) is 20.4 Å². The summed E-state index contributed by atoms with van der Waals surface area (Å²) in [6.07, 6.45) is 1.42. The summed E-state index contributed by atoms with van der Waals surface area (Å²) in [5.41, 5.74) is 0.734. The van der Waals surface area contributed by atoms with Crippen molar-refractivity contribution in [3.8, 4) is 0 Å². The predicted octanol–water partition coefficient (Wildman–Crippen LogP) is 2.57. The molecule has 6 nitrogen and oxygen atoms in total. The van der Waals surface area contributed by atoms with E-state index in [1.807, 2.05) is 18.2 Å². The Morgan fingerprint density at radius 1 is 1.16 bits per heavy atom. The van der Waals surface area contributed by atoms with Gasteiger partial charge in [-0.25, -0.2) is 9.37 Å². The van der Waals surface area contributed by atoms with E-state index >= 15 is 0 Å². The van der Waals surface area contributed by atoms with Gasteiger partial charge in [0.05, 0.1) is 5.92 Å². The number of pyridine rings is 1. The number of benzene rings is 1. The Labute approximate surface area is 182 Å². The zero-order chi connectivity index (χ0) is 22.0. The van der Waals surface area contributed by atoms with Crippen LogP contribution in [0, 0.1) is 23.1 Å². The summed E-state index contributed by atoms with van der Waals surface area (Å²) in [6, 6.07) is 12.9. The molecule has 4 rings (SSSR count). The van der Waals surface area contributed by atoms with E-state index in [-0.39, 0.29) is 22.9 Å². The molecule has 2 fully saturated rings. The van der Waals surface area contributed by atoms with E-state index in [4.69, 9.17) is 0 Å². The van der Waals surface area contributed by atoms with Crippen LogP contribution in [-0.4, -0.2) is 59.3 Å². The standard InChI is InChI=1S/C24H29FN4O2/c1-17(2)11-27-22(30)19-13-28(12-18-7-4-3-5-8-18)14-24(19)15-29(16-24)23(31)21-20(25)9-6-10-26-21/h3-10,17,19H,11-16H2,1-2H3,(H,27,30). The number of nitrogens with zero attached hydrogens (tertiary/aromatic N) is 3. The van der Waals surface area contributed by atoms with Crippen molar-refractivity contribution >= 4 is 11.8 Å². The van der Waals surface area contributed by atoms with E-state index in [0.717, 1.165) is 13.1 Å². The smallest absolute Gasteiger partial charge is 0.275 e. The van der Waals surface area contributed by atoms with E-state index in [1.54, 1.807) is 4.90 Å². The van der Waals surface area contributed by atoms with Crippen LogP contribution in [0.2, 0.25) is 0 Å². The lowest BCUT2D eigenvalue weighted by atomic mass is 9.71. The van der Waals surface area contributed by atoms with Crippen LogP contribution >= 0.6 is 0 Å². The summed E-state index contributed by atoms with van der Waals surface area (Å²) in [4.78, 5) is 33.6. The molecule has 1 aromatic heterocycles. The number of nitrogens with one attached hydrogen (secondary N) is 1. The number of rotatable bonds is 6. The first-order valence-electron chi connectivity index (χ1n) is 10.8. The van der Waals surface area contributed by atoms with Gasteiger partial charge in [-0.2, -0.15) is 0 Å². The summed E-state index contributed by atoms with van der Waals surface area (Å²) in [5.74, 6) is -0.815. The number of aromatic nitrogens is 1. The number of carbonyl (C=O) groups is 2. The molecule has 2 saturated heterocycles. The number of hydrogen-bond donors (Lipinski definition) is 1. The molecule has 1 atom stereocenters. The minimum atomic E-state index is -0.614. The lowest BCUT2D eigenvalue weighted by molar-refractivity contribution is -0.131. The number of amides is 2. The van der Waals surface area contributed by atoms with Crippen LogP contribution in [0.4, 0.5) is 4.39 Å². The monoisotopic (exact) mass is 424 g/mol. The maximum absolute atomic E-state index is 14.0. The molecule has 2 aliphatic rings. The highest BCUT2D eigenvalue weighted by Gasteiger charge is 2.58. The molecule has 31 heavy (non-hydrogen) atoms. The largest absolute Gasteiger partial charge is 0.356 e. The van der Waals surface area contributed by atoms with Gasteiger partial charge >= 0.3 is 0 Å². The summed E-state index contributed by atoms with van der Waals surface area (Å²) < 4.78 is 14.0. The van der Waals surface area contributed by atoms with E-state index in [0.29, 0.717) is 32.1 Å². The summed E-state index contributed by atoms with van der Waals surface area (Å²) >= 11 is 0. The number of carbonyl (C=O) groups excluding carboxylic acids is 2. The molecule has 1 aromatic carbocycles. The Hall–Kier alpha value is -2.80. The van der Waals surface area contributed by atoms with Crippen LogP contribution in [0.15, 0.2) is 48.7 Å². The molecule has 0 saturated carbocycles. The molecule has 7 heteroatoms. The second-order valence-electron chi connectivity index (χ2n) is 9.20. The second-order valence-corrected chi connectivity index (χ2v) is 9.20. The molecule has 2 aliphatic heterocycles. The first-order chi connectivity index (χ1) is 14.9. The fraction of sp³-hybridized carbons (Fsp3) is 0.458. The van der Waals surface area contributed by atoms with Gasteiger partial charge in [-0.15, -0.1) is 0 Å². The zero-order valence-electron chi connectivity index (χ0n) is 18.1. The van der Waals surface area contributed by atoms with E-state index < -0.39 is 11.7 Å². The van der Waals surface area contributed by atoms with Crippen molar-refractivity contribution in [1.82, 2.24) is 20.1 Å². The van der Waals surface area contributed by atoms with E-state index in [9.17, 15) is 14.0 Å². The Morgan fingerprint density at radius 3 is 2.58 bits per heavy atom. The van der Waals surface area contributed by atoms with Gasteiger partial charge in [0.1, 0.15) is 0 Å². The Morgan fingerprint density at radius 2 is 1.90 bits per heavy atom. The van der Waals surface area contributed by atoms with Crippen LogP contribution in [0.3, 0.4) is 0 Å². The molecule has 0 aliphatic carbocycles. The number of halogens is 1. The third-order valence-corrected chi connectivity index (χ3v) is 6.23. The van der Waals surface area contributed by atoms with E-state index in [1.165, 1.54) is 23.9 Å². The van der Waals surface area contributed by atoms with Gasteiger partial charge in [0.25, 0.3) is 5.91 Å². The molecule has 0 radical (unpaired) electrons. The highest BCUT2D eigenvalue weighted by molar-refractivity contribution is 5.93. The third-order valence-electron chi connectivity index (χ3n) is 6.23. The molecule has 2 amide bonds. The maximum Gasteiger partial charge on any atom is 0.275 e. The zero-order valence-corrected chi connectivity index (χ0v) is 18.1. The number of likely N-dealkylation sites (tertiary alicyclic amines) is 2. The summed E-state index contributed by atoms with van der Waals surface area (Å²) in [5, 5.41) is 3.08. The SMILES string of the molecule is CC(C)CNC(=O)C1CN(Cc2ccccc2)CC12CN(C(=O)c1ncccc1F)C2. The lowest BCUT2D eigenvalue weighted by Gasteiger charge is -2.50. The maximum atomic E-state index is 14.0. The van der Waals surface area contributed by atoms with Crippen molar-refractivity contribution in [3.05, 3.63) is 65.7 Å². The van der Waals surface area contributed by atoms with Gasteiger partial charge in [-0.3, -0.25) is 14.5 Å². The Bertz CT molecular complexity index is 944. The third kappa shape index (κ3) is 4.46. The number of hydrogen-bond acceptors (Lipinski definition) is 4. The molecule has 164 valence electrons. The average Bonchev–Trinajstić information content (AvgIpc) is 3.11. The first-order valence-corrected chi connectivity index (χ1v) is 10.8. The van der Waals surface area contributed by atoms with Gasteiger partial charge < -0.3 is 10.2 Å². The van der Waals surface area contributed by atoms with Gasteiger partial charge in [-0.05, 0) is 23.6 Å². The van der Waals surface area contributed by atoms with Crippen LogP contribution < -0.4 is 5.32 Å². The fourth-order valence-corrected chi connectivity index (χ4v) is 4.69. The van der Waals surface area contributed by atoms with Crippen LogP contribution in [0.1, 0.15) is 29.9 Å². The van der Waals surface area contributed by atoms with Crippen molar-refractivity contribution in [2.75, 3.05) is 32.7 Å². The molecular weight excluding hydrogens is 395 g/mol. The fourth-order valence-electron chi connectivity index (χ4n) is 4.69. The van der Waals surface area contributed by atoms with Gasteiger partial charge in [0.15, 0.2) is 11.5 Å². The molecule has 3 heterocycles. The molecular formula is C24H29FN4O2. The molecule has 1 N–H and O–H groups in total. The topological polar surface area (TPSA) is 65.5 Å². The van der Waals surface area contributed by atoms with Gasteiger partial charge in [-0.1, -0.05) is 44.2 Å². The van der Waals surface area contributed by atoms with Crippen LogP contribution in [-0.2, 0) is 11.3 Å². The highest BCUT2D eigenvalue weighted by atomic mass is 19.1. The minimum absolute atomic E-state index is 0.0420. The molecule has 0 bridgehead atoms. The van der Waals surface area contributed by atoms with Crippen molar-refractivity contribution < 1.29 is 14.0 Å². The molecule has 2 aromatic rings. The normalized spacial score (nSPS) is 20.1. The van der Waals surface area contributed by atoms with Gasteiger partial charge in [0, 0.05) is 50.9 Å². The summed E-state index contributed by atoms with van der Waals surface area (Å²) in [6.45, 7) is 7.79. The Balaban J connectivity index is 1.48. The van der Waals surface area contributed by atoms with Crippen LogP contribution in [0.25, 0.3) is 0 Å². The first kappa shape index (κ1) is 21.4. The second kappa shape index (κ2) is 8.75. The minimum Gasteiger partial charge on any atom is -0.356 e. The van der Waals surface area contributed by atoms with Crippen LogP contribution in [0.5, 0.6) is 0 Å². The van der Waals surface area contributed by atoms with E-state index in [2.05, 4.69) is 41.2 Å². The van der Waals surface area contributed by atoms with Crippen molar-refractivity contribution in [3.63, 3.8) is 0 Å². The quantitative estimate of drug-likeness (QED) is 0.774. The highest BCUT2D eigenvalue weighted by Crippen LogP contribution is 2.45. The summed E-state index contributed by atoms with van der Waals surface area (Å²) in [7, 11) is 0. The molecule has 1 unspecified atom stereocenters. The Kier molecular flexibility index (Phi) is 6.05.